The van der Waals surface area contributed by atoms with Crippen LogP contribution in [0.3, 0.4) is 0 Å². The molecule has 0 spiro atoms. The van der Waals surface area contributed by atoms with E-state index in [1.165, 1.54) is 17.0 Å². The van der Waals surface area contributed by atoms with Gasteiger partial charge in [0.25, 0.3) is 0 Å². The van der Waals surface area contributed by atoms with Crippen LogP contribution in [0.5, 0.6) is 0 Å². The van der Waals surface area contributed by atoms with E-state index in [1.807, 2.05) is 24.3 Å². The minimum Gasteiger partial charge on any atom is -0.372 e. The van der Waals surface area contributed by atoms with Gasteiger partial charge in [-0.15, -0.1) is 22.7 Å². The Hall–Kier alpha value is -3.89. The molecule has 6 heteroatoms. The first-order valence-corrected chi connectivity index (χ1v) is 12.1. The van der Waals surface area contributed by atoms with Crippen molar-refractivity contribution in [2.24, 2.45) is 0 Å². The Morgan fingerprint density at radius 1 is 0.727 bits per heavy atom. The highest BCUT2D eigenvalue weighted by Crippen LogP contribution is 2.28. The van der Waals surface area contributed by atoms with Crippen molar-refractivity contribution < 1.29 is 0 Å². The molecule has 0 atom stereocenters. The maximum atomic E-state index is 9.30. The molecule has 33 heavy (non-hydrogen) atoms. The average Bonchev–Trinajstić information content (AvgIpc) is 3.51. The third-order valence-electron chi connectivity index (χ3n) is 4.98. The zero-order valence-corrected chi connectivity index (χ0v) is 20.1. The zero-order chi connectivity index (χ0) is 23.6. The highest BCUT2D eigenvalue weighted by Gasteiger charge is 2.10. The Balaban J connectivity index is 1.68. The number of hydrogen-bond acceptors (Lipinski definition) is 6. The van der Waals surface area contributed by atoms with Crippen molar-refractivity contribution in [3.8, 4) is 18.2 Å². The third kappa shape index (κ3) is 6.09. The molecular weight excluding hydrogens is 444 g/mol. The fourth-order valence-corrected chi connectivity index (χ4v) is 4.95. The van der Waals surface area contributed by atoms with E-state index >= 15 is 0 Å². The van der Waals surface area contributed by atoms with Crippen molar-refractivity contribution >= 4 is 58.2 Å². The SMILES string of the molecule is CCN(CC)c1ccc(/C=C/c2ccc(/C=C/c3ccc(C(C#N)=C(C#N)C#N)s3)s2)cc1. The van der Waals surface area contributed by atoms with Crippen LogP contribution in [0.25, 0.3) is 29.9 Å². The lowest BCUT2D eigenvalue weighted by Gasteiger charge is -2.20. The summed E-state index contributed by atoms with van der Waals surface area (Å²) in [7, 11) is 0. The molecule has 0 aliphatic rings. The molecule has 0 amide bonds. The summed E-state index contributed by atoms with van der Waals surface area (Å²) in [5.41, 5.74) is 2.37. The van der Waals surface area contributed by atoms with Crippen LogP contribution in [0.15, 0.2) is 54.1 Å². The van der Waals surface area contributed by atoms with Crippen LogP contribution in [-0.4, -0.2) is 13.1 Å². The Kier molecular flexibility index (Phi) is 8.39. The van der Waals surface area contributed by atoms with E-state index in [0.717, 1.165) is 33.3 Å². The molecule has 4 nitrogen and oxygen atoms in total. The number of allylic oxidation sites excluding steroid dienone is 2. The number of hydrogen-bond donors (Lipinski definition) is 0. The van der Waals surface area contributed by atoms with Gasteiger partial charge in [-0.2, -0.15) is 15.8 Å². The first kappa shape index (κ1) is 23.8. The van der Waals surface area contributed by atoms with Crippen molar-refractivity contribution in [2.75, 3.05) is 18.0 Å². The first-order chi connectivity index (χ1) is 16.1. The minimum absolute atomic E-state index is 0.123. The lowest BCUT2D eigenvalue weighted by atomic mass is 10.1. The fraction of sp³-hybridized carbons (Fsp3) is 0.148. The molecule has 3 rings (SSSR count). The van der Waals surface area contributed by atoms with Crippen LogP contribution in [0.4, 0.5) is 5.69 Å². The number of nitrogens with zero attached hydrogens (tertiary/aromatic N) is 4. The molecule has 3 aromatic rings. The Morgan fingerprint density at radius 3 is 1.82 bits per heavy atom. The Bertz CT molecular complexity index is 1300. The highest BCUT2D eigenvalue weighted by atomic mass is 32.1. The number of thiophene rings is 2. The third-order valence-corrected chi connectivity index (χ3v) is 7.06. The molecule has 0 radical (unpaired) electrons. The van der Waals surface area contributed by atoms with E-state index in [9.17, 15) is 5.26 Å². The second-order valence-electron chi connectivity index (χ2n) is 6.96. The van der Waals surface area contributed by atoms with Crippen LogP contribution in [-0.2, 0) is 0 Å². The van der Waals surface area contributed by atoms with E-state index in [1.54, 1.807) is 29.5 Å². The van der Waals surface area contributed by atoms with Gasteiger partial charge in [-0.25, -0.2) is 0 Å². The maximum absolute atomic E-state index is 9.30. The van der Waals surface area contributed by atoms with Gasteiger partial charge in [-0.3, -0.25) is 0 Å². The van der Waals surface area contributed by atoms with E-state index in [4.69, 9.17) is 10.5 Å². The lowest BCUT2D eigenvalue weighted by Crippen LogP contribution is -2.21. The van der Waals surface area contributed by atoms with E-state index in [-0.39, 0.29) is 11.1 Å². The van der Waals surface area contributed by atoms with Gasteiger partial charge in [0.15, 0.2) is 0 Å². The summed E-state index contributed by atoms with van der Waals surface area (Å²) in [6.45, 7) is 6.33. The van der Waals surface area contributed by atoms with Crippen molar-refractivity contribution in [2.45, 2.75) is 13.8 Å². The lowest BCUT2D eigenvalue weighted by molar-refractivity contribution is 0.866. The van der Waals surface area contributed by atoms with Crippen LogP contribution in [0.2, 0.25) is 0 Å². The highest BCUT2D eigenvalue weighted by molar-refractivity contribution is 7.14. The van der Waals surface area contributed by atoms with Crippen LogP contribution in [0, 0.1) is 34.0 Å². The topological polar surface area (TPSA) is 74.6 Å². The van der Waals surface area contributed by atoms with Crippen LogP contribution < -0.4 is 4.90 Å². The van der Waals surface area contributed by atoms with E-state index in [2.05, 4.69) is 67.3 Å². The zero-order valence-electron chi connectivity index (χ0n) is 18.4. The molecule has 0 saturated carbocycles. The molecule has 2 heterocycles. The summed E-state index contributed by atoms with van der Waals surface area (Å²) in [5, 5.41) is 27.3. The molecule has 2 aromatic heterocycles. The second-order valence-corrected chi connectivity index (χ2v) is 9.22. The van der Waals surface area contributed by atoms with E-state index in [0.29, 0.717) is 4.88 Å². The van der Waals surface area contributed by atoms with Gasteiger partial charge in [0, 0.05) is 38.3 Å². The van der Waals surface area contributed by atoms with Gasteiger partial charge in [0.2, 0.25) is 0 Å². The predicted molar refractivity (Wildman–Crippen MR) is 140 cm³/mol. The van der Waals surface area contributed by atoms with Crippen molar-refractivity contribution in [1.29, 1.82) is 15.8 Å². The quantitative estimate of drug-likeness (QED) is 0.326. The minimum atomic E-state index is -0.160. The van der Waals surface area contributed by atoms with Gasteiger partial charge in [0.05, 0.1) is 5.57 Å². The summed E-state index contributed by atoms with van der Waals surface area (Å²) in [4.78, 5) is 6.18. The van der Waals surface area contributed by atoms with Gasteiger partial charge in [-0.1, -0.05) is 18.2 Å². The van der Waals surface area contributed by atoms with Gasteiger partial charge >= 0.3 is 0 Å². The smallest absolute Gasteiger partial charge is 0.148 e. The molecular formula is C27H22N4S2. The summed E-state index contributed by atoms with van der Waals surface area (Å²) in [6, 6.07) is 22.0. The molecule has 0 unspecified atom stereocenters. The molecule has 0 saturated heterocycles. The van der Waals surface area contributed by atoms with Crippen molar-refractivity contribution in [3.63, 3.8) is 0 Å². The first-order valence-electron chi connectivity index (χ1n) is 10.5. The Morgan fingerprint density at radius 2 is 1.27 bits per heavy atom. The molecule has 0 N–H and O–H groups in total. The van der Waals surface area contributed by atoms with Crippen molar-refractivity contribution in [3.05, 3.63) is 79.2 Å². The second kappa shape index (κ2) is 11.7. The molecule has 0 fully saturated rings. The number of benzene rings is 1. The number of rotatable bonds is 8. The van der Waals surface area contributed by atoms with Gasteiger partial charge < -0.3 is 4.90 Å². The fourth-order valence-electron chi connectivity index (χ4n) is 3.22. The van der Waals surface area contributed by atoms with Crippen LogP contribution in [0.1, 0.15) is 38.9 Å². The summed E-state index contributed by atoms with van der Waals surface area (Å²) in [6.07, 6.45) is 8.25. The normalized spacial score (nSPS) is 10.6. The monoisotopic (exact) mass is 466 g/mol. The maximum Gasteiger partial charge on any atom is 0.148 e. The van der Waals surface area contributed by atoms with Gasteiger partial charge in [0.1, 0.15) is 23.8 Å². The van der Waals surface area contributed by atoms with E-state index < -0.39 is 0 Å². The standard InChI is InChI=1S/C27H22N4S2/c1-3-31(4-2)22-8-5-20(6-9-22)7-10-23-11-12-24(32-23)13-14-25-15-16-27(33-25)26(19-30)21(17-28)18-29/h5-16H,3-4H2,1-2H3/b10-7+,14-13+. The number of anilines is 1. The molecule has 0 aliphatic heterocycles. The molecule has 162 valence electrons. The molecule has 0 aliphatic carbocycles. The summed E-state index contributed by atoms with van der Waals surface area (Å²) in [5.74, 6) is 0. The summed E-state index contributed by atoms with van der Waals surface area (Å²) >= 11 is 3.07. The van der Waals surface area contributed by atoms with Gasteiger partial charge in [-0.05, 0) is 74.0 Å². The molecule has 1 aromatic carbocycles. The summed E-state index contributed by atoms with van der Waals surface area (Å²) < 4.78 is 0. The largest absolute Gasteiger partial charge is 0.372 e. The van der Waals surface area contributed by atoms with Crippen molar-refractivity contribution in [1.82, 2.24) is 0 Å². The predicted octanol–water partition coefficient (Wildman–Crippen LogP) is 7.32. The van der Waals surface area contributed by atoms with Crippen LogP contribution >= 0.6 is 22.7 Å². The molecule has 0 bridgehead atoms. The number of nitriles is 3. The average molecular weight is 467 g/mol. The Labute approximate surface area is 202 Å².